The van der Waals surface area contributed by atoms with Gasteiger partial charge in [0, 0.05) is 12.6 Å². The summed E-state index contributed by atoms with van der Waals surface area (Å²) in [5, 5.41) is 8.71. The van der Waals surface area contributed by atoms with Crippen LogP contribution < -0.4 is 0 Å². The van der Waals surface area contributed by atoms with Crippen LogP contribution in [0.15, 0.2) is 26.8 Å². The molecule has 0 bridgehead atoms. The van der Waals surface area contributed by atoms with E-state index < -0.39 is 5.97 Å². The van der Waals surface area contributed by atoms with E-state index in [-0.39, 0.29) is 15.8 Å². The number of halogens is 2. The highest BCUT2D eigenvalue weighted by molar-refractivity contribution is 6.39. The monoisotopic (exact) mass is 205 g/mol. The summed E-state index contributed by atoms with van der Waals surface area (Å²) in [6.07, 6.45) is 3.54. The van der Waals surface area contributed by atoms with Crippen LogP contribution in [0.3, 0.4) is 0 Å². The van der Waals surface area contributed by atoms with Crippen LogP contribution in [0.4, 0.5) is 0 Å². The van der Waals surface area contributed by atoms with Gasteiger partial charge in [0.1, 0.15) is 10.7 Å². The first-order valence-corrected chi connectivity index (χ1v) is 3.90. The second kappa shape index (κ2) is 3.74. The van der Waals surface area contributed by atoms with Crippen molar-refractivity contribution in [2.24, 2.45) is 4.99 Å². The molecule has 0 aromatic heterocycles. The molecule has 0 spiro atoms. The highest BCUT2D eigenvalue weighted by atomic mass is 35.5. The molecule has 1 aliphatic heterocycles. The number of aliphatic carboxylic acids is 1. The molecule has 1 aliphatic rings. The molecule has 5 heteroatoms. The molecule has 1 heterocycles. The maximum absolute atomic E-state index is 10.6. The highest BCUT2D eigenvalue weighted by Gasteiger charge is 2.17. The average molecular weight is 206 g/mol. The van der Waals surface area contributed by atoms with E-state index in [9.17, 15) is 4.79 Å². The lowest BCUT2D eigenvalue weighted by Gasteiger charge is -1.98. The number of hydrogen-bond acceptors (Lipinski definition) is 2. The second-order valence-corrected chi connectivity index (χ2v) is 2.84. The maximum atomic E-state index is 10.6. The number of allylic oxidation sites excluding steroid dienone is 1. The van der Waals surface area contributed by atoms with Crippen molar-refractivity contribution in [3.63, 3.8) is 0 Å². The number of carboxylic acid groups (broad SMARTS) is 1. The highest BCUT2D eigenvalue weighted by Crippen LogP contribution is 2.24. The second-order valence-electron chi connectivity index (χ2n) is 2.07. The molecule has 0 unspecified atom stereocenters. The van der Waals surface area contributed by atoms with E-state index in [0.717, 1.165) is 0 Å². The van der Waals surface area contributed by atoms with Gasteiger partial charge in [-0.05, 0) is 0 Å². The largest absolute Gasteiger partial charge is 0.478 e. The first kappa shape index (κ1) is 9.29. The van der Waals surface area contributed by atoms with E-state index in [2.05, 4.69) is 4.99 Å². The predicted molar refractivity (Wildman–Crippen MR) is 47.6 cm³/mol. The number of carbonyl (C=O) groups is 1. The summed E-state index contributed by atoms with van der Waals surface area (Å²) in [5.74, 6) is -1.17. The lowest BCUT2D eigenvalue weighted by Crippen LogP contribution is -2.01. The first-order chi connectivity index (χ1) is 5.63. The van der Waals surface area contributed by atoms with Crippen LogP contribution in [-0.4, -0.2) is 17.3 Å². The third kappa shape index (κ3) is 1.87. The zero-order valence-electron chi connectivity index (χ0n) is 5.92. The summed E-state index contributed by atoms with van der Waals surface area (Å²) < 4.78 is 0. The molecule has 3 nitrogen and oxygen atoms in total. The lowest BCUT2D eigenvalue weighted by atomic mass is 10.2. The summed E-state index contributed by atoms with van der Waals surface area (Å²) in [6, 6.07) is 0. The van der Waals surface area contributed by atoms with Crippen molar-refractivity contribution in [1.82, 2.24) is 0 Å². The molecular weight excluding hydrogens is 201 g/mol. The van der Waals surface area contributed by atoms with E-state index in [4.69, 9.17) is 28.3 Å². The van der Waals surface area contributed by atoms with Crippen LogP contribution in [-0.2, 0) is 4.79 Å². The van der Waals surface area contributed by atoms with Gasteiger partial charge in [-0.25, -0.2) is 9.79 Å². The Balaban J connectivity index is 3.18. The Bertz CT molecular complexity index is 305. The topological polar surface area (TPSA) is 49.7 Å². The van der Waals surface area contributed by atoms with Crippen LogP contribution in [0.2, 0.25) is 0 Å². The number of nitrogens with zero attached hydrogens (tertiary/aromatic N) is 1. The van der Waals surface area contributed by atoms with E-state index in [1.54, 1.807) is 6.08 Å². The Kier molecular flexibility index (Phi) is 2.89. The Labute approximate surface area is 79.0 Å². The zero-order valence-corrected chi connectivity index (χ0v) is 7.43. The molecular formula is C7H5Cl2NO2. The molecule has 12 heavy (non-hydrogen) atoms. The van der Waals surface area contributed by atoms with Crippen LogP contribution in [0.1, 0.15) is 6.42 Å². The number of hydrogen-bond donors (Lipinski definition) is 1. The normalized spacial score (nSPS) is 17.3. The summed E-state index contributed by atoms with van der Waals surface area (Å²) >= 11 is 11.2. The minimum atomic E-state index is -1.17. The number of rotatable bonds is 1. The van der Waals surface area contributed by atoms with Gasteiger partial charge in [-0.15, -0.1) is 0 Å². The molecule has 64 valence electrons. The van der Waals surface area contributed by atoms with Crippen LogP contribution in [0.25, 0.3) is 0 Å². The fourth-order valence-corrected chi connectivity index (χ4v) is 1.30. The van der Waals surface area contributed by atoms with Gasteiger partial charge < -0.3 is 5.11 Å². The van der Waals surface area contributed by atoms with Gasteiger partial charge in [0.2, 0.25) is 0 Å². The maximum Gasteiger partial charge on any atom is 0.340 e. The molecule has 0 saturated heterocycles. The fraction of sp³-hybridized carbons (Fsp3) is 0.143. The van der Waals surface area contributed by atoms with Crippen molar-refractivity contribution >= 4 is 35.4 Å². The van der Waals surface area contributed by atoms with Crippen molar-refractivity contribution < 1.29 is 9.90 Å². The van der Waals surface area contributed by atoms with E-state index in [1.165, 1.54) is 6.21 Å². The summed E-state index contributed by atoms with van der Waals surface area (Å²) in [6.45, 7) is 0. The SMILES string of the molecule is O=C(O)C1=C(Cl)N=CCC=C1Cl. The van der Waals surface area contributed by atoms with Gasteiger partial charge in [-0.1, -0.05) is 29.3 Å². The zero-order chi connectivity index (χ0) is 9.14. The Hall–Kier alpha value is -0.800. The molecule has 0 aromatic rings. The predicted octanol–water partition coefficient (Wildman–Crippen LogP) is 2.12. The summed E-state index contributed by atoms with van der Waals surface area (Å²) in [7, 11) is 0. The van der Waals surface area contributed by atoms with Gasteiger partial charge in [-0.3, -0.25) is 0 Å². The third-order valence-electron chi connectivity index (χ3n) is 1.27. The minimum absolute atomic E-state index is 0.0822. The molecule has 0 fully saturated rings. The molecule has 0 radical (unpaired) electrons. The smallest absolute Gasteiger partial charge is 0.340 e. The molecule has 1 N–H and O–H groups in total. The van der Waals surface area contributed by atoms with Gasteiger partial charge in [-0.2, -0.15) is 0 Å². The van der Waals surface area contributed by atoms with Crippen molar-refractivity contribution in [3.8, 4) is 0 Å². The van der Waals surface area contributed by atoms with Gasteiger partial charge in [0.25, 0.3) is 0 Å². The molecule has 0 atom stereocenters. The molecule has 1 rings (SSSR count). The summed E-state index contributed by atoms with van der Waals surface area (Å²) in [5.41, 5.74) is -0.146. The third-order valence-corrected chi connectivity index (χ3v) is 1.90. The van der Waals surface area contributed by atoms with E-state index in [1.807, 2.05) is 0 Å². The van der Waals surface area contributed by atoms with Crippen LogP contribution in [0, 0.1) is 0 Å². The molecule has 0 aliphatic carbocycles. The van der Waals surface area contributed by atoms with Crippen molar-refractivity contribution in [1.29, 1.82) is 0 Å². The van der Waals surface area contributed by atoms with E-state index >= 15 is 0 Å². The van der Waals surface area contributed by atoms with E-state index in [0.29, 0.717) is 6.42 Å². The standard InChI is InChI=1S/C7H5Cl2NO2/c8-4-2-1-3-10-6(9)5(4)7(11)12/h2-3H,1H2,(H,11,12). The average Bonchev–Trinajstić information content (AvgIpc) is 2.11. The molecule has 0 aromatic carbocycles. The van der Waals surface area contributed by atoms with Gasteiger partial charge in [0.05, 0.1) is 5.03 Å². The fourth-order valence-electron chi connectivity index (χ4n) is 0.745. The quantitative estimate of drug-likeness (QED) is 0.668. The van der Waals surface area contributed by atoms with Gasteiger partial charge >= 0.3 is 5.97 Å². The van der Waals surface area contributed by atoms with Crippen molar-refractivity contribution in [2.45, 2.75) is 6.42 Å². The van der Waals surface area contributed by atoms with Crippen LogP contribution >= 0.6 is 23.2 Å². The first-order valence-electron chi connectivity index (χ1n) is 3.14. The summed E-state index contributed by atoms with van der Waals surface area (Å²) in [4.78, 5) is 14.3. The Morgan fingerprint density at radius 2 is 2.25 bits per heavy atom. The van der Waals surface area contributed by atoms with Gasteiger partial charge in [0.15, 0.2) is 0 Å². The molecule has 0 saturated carbocycles. The Morgan fingerprint density at radius 3 is 2.83 bits per heavy atom. The Morgan fingerprint density at radius 1 is 1.58 bits per heavy atom. The molecule has 0 amide bonds. The van der Waals surface area contributed by atoms with Crippen molar-refractivity contribution in [3.05, 3.63) is 21.8 Å². The number of carboxylic acids is 1. The van der Waals surface area contributed by atoms with Crippen molar-refractivity contribution in [2.75, 3.05) is 0 Å². The minimum Gasteiger partial charge on any atom is -0.478 e. The number of aliphatic imine (C=N–C) groups is 1. The van der Waals surface area contributed by atoms with Crippen LogP contribution in [0.5, 0.6) is 0 Å². The lowest BCUT2D eigenvalue weighted by molar-refractivity contribution is -0.132.